The summed E-state index contributed by atoms with van der Waals surface area (Å²) < 4.78 is 11.0. The van der Waals surface area contributed by atoms with E-state index in [1.165, 1.54) is 0 Å². The number of ether oxygens (including phenoxy) is 2. The molecule has 0 bridgehead atoms. The monoisotopic (exact) mass is 405 g/mol. The summed E-state index contributed by atoms with van der Waals surface area (Å²) in [4.78, 5) is 29.9. The van der Waals surface area contributed by atoms with Crippen molar-refractivity contribution in [3.8, 4) is 11.5 Å². The number of aromatic amines is 1. The highest BCUT2D eigenvalue weighted by molar-refractivity contribution is 6.07. The zero-order chi connectivity index (χ0) is 21.5. The van der Waals surface area contributed by atoms with E-state index in [2.05, 4.69) is 4.98 Å². The number of para-hydroxylation sites is 1. The Bertz CT molecular complexity index is 1090. The van der Waals surface area contributed by atoms with Crippen molar-refractivity contribution in [3.05, 3.63) is 59.8 Å². The molecule has 0 spiro atoms. The highest BCUT2D eigenvalue weighted by Gasteiger charge is 2.45. The molecule has 1 heterocycles. The molecule has 3 aromatic rings. The van der Waals surface area contributed by atoms with E-state index >= 15 is 0 Å². The molecule has 0 radical (unpaired) electrons. The second-order valence-corrected chi connectivity index (χ2v) is 8.80. The van der Waals surface area contributed by atoms with Crippen molar-refractivity contribution in [1.82, 2.24) is 4.98 Å². The highest BCUT2D eigenvalue weighted by atomic mass is 16.5. The molecule has 5 nitrogen and oxygen atoms in total. The molecule has 5 heteroatoms. The number of fused-ring (bicyclic) bond motifs is 1. The van der Waals surface area contributed by atoms with Gasteiger partial charge in [-0.25, -0.2) is 0 Å². The third-order valence-electron chi connectivity index (χ3n) is 6.06. The number of H-pyrrole nitrogens is 1. The van der Waals surface area contributed by atoms with Crippen LogP contribution in [0.3, 0.4) is 0 Å². The highest BCUT2D eigenvalue weighted by Crippen LogP contribution is 2.46. The van der Waals surface area contributed by atoms with Gasteiger partial charge in [0.2, 0.25) is 0 Å². The molecule has 1 atom stereocenters. The topological polar surface area (TPSA) is 68.4 Å². The number of carbonyl (C=O) groups excluding carboxylic acids is 2. The van der Waals surface area contributed by atoms with E-state index < -0.39 is 11.8 Å². The summed E-state index contributed by atoms with van der Waals surface area (Å²) in [6, 6.07) is 13.5. The van der Waals surface area contributed by atoms with E-state index in [0.717, 1.165) is 22.0 Å². The van der Waals surface area contributed by atoms with Gasteiger partial charge in [-0.05, 0) is 23.1 Å². The van der Waals surface area contributed by atoms with Gasteiger partial charge in [-0.15, -0.1) is 0 Å². The lowest BCUT2D eigenvalue weighted by atomic mass is 9.65. The zero-order valence-electron chi connectivity index (χ0n) is 17.8. The smallest absolute Gasteiger partial charge is 0.144 e. The Morgan fingerprint density at radius 1 is 0.967 bits per heavy atom. The molecule has 0 saturated heterocycles. The lowest BCUT2D eigenvalue weighted by Gasteiger charge is -2.36. The third kappa shape index (κ3) is 3.49. The van der Waals surface area contributed by atoms with E-state index in [1.54, 1.807) is 20.3 Å². The van der Waals surface area contributed by atoms with Crippen molar-refractivity contribution in [2.75, 3.05) is 14.2 Å². The van der Waals surface area contributed by atoms with E-state index in [4.69, 9.17) is 9.47 Å². The Balaban J connectivity index is 1.93. The van der Waals surface area contributed by atoms with Crippen molar-refractivity contribution in [2.45, 2.75) is 32.6 Å². The SMILES string of the molecule is COc1ccc(C(c2c[nH]c3ccccc23)C2C(=O)CC(C)(C)CC2=O)c(OC)c1. The van der Waals surface area contributed by atoms with E-state index in [0.29, 0.717) is 24.3 Å². The first-order valence-electron chi connectivity index (χ1n) is 10.2. The van der Waals surface area contributed by atoms with Gasteiger partial charge >= 0.3 is 0 Å². The molecular formula is C25H27NO4. The molecule has 1 fully saturated rings. The summed E-state index contributed by atoms with van der Waals surface area (Å²) in [6.45, 7) is 3.96. The minimum Gasteiger partial charge on any atom is -0.497 e. The zero-order valence-corrected chi connectivity index (χ0v) is 17.8. The second kappa shape index (κ2) is 7.63. The van der Waals surface area contributed by atoms with Crippen LogP contribution in [0.5, 0.6) is 11.5 Å². The lowest BCUT2D eigenvalue weighted by Crippen LogP contribution is -2.41. The number of benzene rings is 2. The van der Waals surface area contributed by atoms with Gasteiger partial charge in [0.15, 0.2) is 0 Å². The number of aromatic nitrogens is 1. The molecule has 1 aliphatic rings. The first-order valence-corrected chi connectivity index (χ1v) is 10.2. The first kappa shape index (κ1) is 20.2. The van der Waals surface area contributed by atoms with Crippen LogP contribution in [0.25, 0.3) is 10.9 Å². The minimum absolute atomic E-state index is 0.00981. The van der Waals surface area contributed by atoms with Crippen molar-refractivity contribution < 1.29 is 19.1 Å². The Hall–Kier alpha value is -3.08. The third-order valence-corrected chi connectivity index (χ3v) is 6.06. The molecule has 30 heavy (non-hydrogen) atoms. The van der Waals surface area contributed by atoms with Crippen molar-refractivity contribution in [1.29, 1.82) is 0 Å². The normalized spacial score (nSPS) is 17.9. The predicted octanol–water partition coefficient (Wildman–Crippen LogP) is 4.89. The van der Waals surface area contributed by atoms with Crippen LogP contribution < -0.4 is 9.47 Å². The first-order chi connectivity index (χ1) is 14.3. The van der Waals surface area contributed by atoms with Crippen molar-refractivity contribution in [2.24, 2.45) is 11.3 Å². The maximum atomic E-state index is 13.3. The Morgan fingerprint density at radius 2 is 1.67 bits per heavy atom. The van der Waals surface area contributed by atoms with Crippen LogP contribution in [0, 0.1) is 11.3 Å². The number of ketones is 2. The number of Topliss-reactive ketones (excluding diaryl/α,β-unsaturated/α-hetero) is 2. The van der Waals surface area contributed by atoms with Crippen LogP contribution >= 0.6 is 0 Å². The molecular weight excluding hydrogens is 378 g/mol. The van der Waals surface area contributed by atoms with Crippen LogP contribution in [0.2, 0.25) is 0 Å². The van der Waals surface area contributed by atoms with Gasteiger partial charge in [0.05, 0.1) is 20.1 Å². The number of hydrogen-bond acceptors (Lipinski definition) is 4. The van der Waals surface area contributed by atoms with Crippen LogP contribution in [-0.4, -0.2) is 30.8 Å². The minimum atomic E-state index is -0.737. The summed E-state index contributed by atoms with van der Waals surface area (Å²) >= 11 is 0. The Labute approximate surface area is 176 Å². The molecule has 1 N–H and O–H groups in total. The molecule has 2 aromatic carbocycles. The number of methoxy groups -OCH3 is 2. The van der Waals surface area contributed by atoms with E-state index in [1.807, 2.05) is 56.4 Å². The summed E-state index contributed by atoms with van der Waals surface area (Å²) in [5.41, 5.74) is 2.41. The predicted molar refractivity (Wildman–Crippen MR) is 116 cm³/mol. The van der Waals surface area contributed by atoms with Gasteiger partial charge in [0.1, 0.15) is 23.1 Å². The van der Waals surface area contributed by atoms with Gasteiger partial charge in [-0.1, -0.05) is 38.1 Å². The molecule has 1 aromatic heterocycles. The molecule has 1 unspecified atom stereocenters. The number of carbonyl (C=O) groups is 2. The average Bonchev–Trinajstić information content (AvgIpc) is 3.13. The van der Waals surface area contributed by atoms with Crippen LogP contribution in [0.4, 0.5) is 0 Å². The van der Waals surface area contributed by atoms with Gasteiger partial charge in [0.25, 0.3) is 0 Å². The molecule has 4 rings (SSSR count). The number of rotatable bonds is 5. The average molecular weight is 405 g/mol. The van der Waals surface area contributed by atoms with Crippen LogP contribution in [-0.2, 0) is 9.59 Å². The Morgan fingerprint density at radius 3 is 2.33 bits per heavy atom. The number of hydrogen-bond donors (Lipinski definition) is 1. The number of nitrogens with one attached hydrogen (secondary N) is 1. The summed E-state index contributed by atoms with van der Waals surface area (Å²) in [6.07, 6.45) is 2.70. The maximum Gasteiger partial charge on any atom is 0.144 e. The molecule has 1 aliphatic carbocycles. The fourth-order valence-electron chi connectivity index (χ4n) is 4.73. The van der Waals surface area contributed by atoms with Gasteiger partial charge in [-0.3, -0.25) is 9.59 Å². The quantitative estimate of drug-likeness (QED) is 0.614. The fourth-order valence-corrected chi connectivity index (χ4v) is 4.73. The summed E-state index contributed by atoms with van der Waals surface area (Å²) in [5, 5.41) is 1.01. The summed E-state index contributed by atoms with van der Waals surface area (Å²) in [7, 11) is 3.19. The second-order valence-electron chi connectivity index (χ2n) is 8.80. The molecule has 0 aliphatic heterocycles. The molecule has 0 amide bonds. The lowest BCUT2D eigenvalue weighted by molar-refractivity contribution is -0.140. The summed E-state index contributed by atoms with van der Waals surface area (Å²) in [5.74, 6) is 0.0807. The van der Waals surface area contributed by atoms with Gasteiger partial charge in [0, 0.05) is 47.5 Å². The van der Waals surface area contributed by atoms with Gasteiger partial charge in [-0.2, -0.15) is 0 Å². The van der Waals surface area contributed by atoms with Crippen LogP contribution in [0.1, 0.15) is 43.7 Å². The van der Waals surface area contributed by atoms with E-state index in [9.17, 15) is 9.59 Å². The molecule has 156 valence electrons. The maximum absolute atomic E-state index is 13.3. The van der Waals surface area contributed by atoms with Crippen molar-refractivity contribution in [3.63, 3.8) is 0 Å². The largest absolute Gasteiger partial charge is 0.497 e. The van der Waals surface area contributed by atoms with Crippen LogP contribution in [0.15, 0.2) is 48.7 Å². The Kier molecular flexibility index (Phi) is 5.14. The van der Waals surface area contributed by atoms with E-state index in [-0.39, 0.29) is 17.0 Å². The fraction of sp³-hybridized carbons (Fsp3) is 0.360. The molecule has 1 saturated carbocycles. The van der Waals surface area contributed by atoms with Crippen molar-refractivity contribution >= 4 is 22.5 Å². The van der Waals surface area contributed by atoms with Gasteiger partial charge < -0.3 is 14.5 Å². The standard InChI is InChI=1S/C25H27NO4/c1-25(2)12-20(27)24(21(28)13-25)23(17-10-9-15(29-3)11-22(17)30-4)18-14-26-19-8-6-5-7-16(18)19/h5-11,14,23-24,26H,12-13H2,1-4H3.